The van der Waals surface area contributed by atoms with Gasteiger partial charge in [0.15, 0.2) is 0 Å². The van der Waals surface area contributed by atoms with Crippen molar-refractivity contribution in [1.29, 1.82) is 0 Å². The van der Waals surface area contributed by atoms with E-state index >= 15 is 0 Å². The van der Waals surface area contributed by atoms with Crippen LogP contribution in [-0.2, 0) is 0 Å². The van der Waals surface area contributed by atoms with E-state index in [-0.39, 0.29) is 0 Å². The molecule has 0 radical (unpaired) electrons. The SMILES string of the molecule is CC1(C)CN(C(C)(C)CCN)C1. The van der Waals surface area contributed by atoms with Crippen molar-refractivity contribution in [1.82, 2.24) is 4.90 Å². The molecule has 0 aliphatic carbocycles. The molecule has 1 heterocycles. The number of likely N-dealkylation sites (tertiary alicyclic amines) is 1. The van der Waals surface area contributed by atoms with Gasteiger partial charge in [-0.1, -0.05) is 13.8 Å². The highest BCUT2D eigenvalue weighted by Crippen LogP contribution is 2.35. The molecule has 2 N–H and O–H groups in total. The van der Waals surface area contributed by atoms with Crippen molar-refractivity contribution < 1.29 is 0 Å². The molecule has 72 valence electrons. The third-order valence-corrected chi connectivity index (χ3v) is 2.85. The van der Waals surface area contributed by atoms with Gasteiger partial charge in [0.25, 0.3) is 0 Å². The van der Waals surface area contributed by atoms with Crippen LogP contribution in [-0.4, -0.2) is 30.1 Å². The van der Waals surface area contributed by atoms with Gasteiger partial charge in [0.2, 0.25) is 0 Å². The Morgan fingerprint density at radius 1 is 1.33 bits per heavy atom. The first kappa shape index (κ1) is 10.0. The van der Waals surface area contributed by atoms with E-state index in [4.69, 9.17) is 5.73 Å². The minimum atomic E-state index is 0.310. The summed E-state index contributed by atoms with van der Waals surface area (Å²) in [6.45, 7) is 12.5. The molecule has 0 saturated carbocycles. The Kier molecular flexibility index (Phi) is 2.50. The molecule has 1 aliphatic heterocycles. The van der Waals surface area contributed by atoms with Crippen LogP contribution >= 0.6 is 0 Å². The predicted molar refractivity (Wildman–Crippen MR) is 53.1 cm³/mol. The number of hydrogen-bond acceptors (Lipinski definition) is 2. The molecular weight excluding hydrogens is 148 g/mol. The maximum Gasteiger partial charge on any atom is 0.0165 e. The first-order valence-corrected chi connectivity index (χ1v) is 4.82. The summed E-state index contributed by atoms with van der Waals surface area (Å²) in [6.07, 6.45) is 1.10. The highest BCUT2D eigenvalue weighted by molar-refractivity contribution is 4.96. The predicted octanol–water partition coefficient (Wildman–Crippen LogP) is 1.46. The molecule has 0 spiro atoms. The third-order valence-electron chi connectivity index (χ3n) is 2.85. The molecule has 0 bridgehead atoms. The standard InChI is InChI=1S/C10H22N2/c1-9(2)7-12(8-9)10(3,4)5-6-11/h5-8,11H2,1-4H3. The second-order valence-electron chi connectivity index (χ2n) is 5.37. The van der Waals surface area contributed by atoms with Crippen LogP contribution < -0.4 is 5.73 Å². The van der Waals surface area contributed by atoms with E-state index in [2.05, 4.69) is 32.6 Å². The van der Waals surface area contributed by atoms with Crippen molar-refractivity contribution in [2.75, 3.05) is 19.6 Å². The van der Waals surface area contributed by atoms with E-state index in [1.54, 1.807) is 0 Å². The van der Waals surface area contributed by atoms with Crippen molar-refractivity contribution in [3.05, 3.63) is 0 Å². The van der Waals surface area contributed by atoms with Gasteiger partial charge < -0.3 is 5.73 Å². The summed E-state index contributed by atoms with van der Waals surface area (Å²) in [4.78, 5) is 2.53. The molecule has 1 aliphatic rings. The van der Waals surface area contributed by atoms with E-state index < -0.39 is 0 Å². The van der Waals surface area contributed by atoms with Gasteiger partial charge in [0.05, 0.1) is 0 Å². The first-order chi connectivity index (χ1) is 5.37. The average molecular weight is 170 g/mol. The Labute approximate surface area is 76.1 Å². The van der Waals surface area contributed by atoms with E-state index in [0.29, 0.717) is 11.0 Å². The monoisotopic (exact) mass is 170 g/mol. The molecule has 0 amide bonds. The van der Waals surface area contributed by atoms with Crippen LogP contribution in [0.2, 0.25) is 0 Å². The Balaban J connectivity index is 2.40. The van der Waals surface area contributed by atoms with Gasteiger partial charge >= 0.3 is 0 Å². The maximum absolute atomic E-state index is 5.57. The third kappa shape index (κ3) is 1.99. The molecule has 2 heteroatoms. The summed E-state index contributed by atoms with van der Waals surface area (Å²) in [5.41, 5.74) is 6.42. The number of rotatable bonds is 3. The van der Waals surface area contributed by atoms with Crippen molar-refractivity contribution in [3.8, 4) is 0 Å². The van der Waals surface area contributed by atoms with Crippen LogP contribution in [0, 0.1) is 5.41 Å². The molecule has 1 rings (SSSR count). The lowest BCUT2D eigenvalue weighted by Gasteiger charge is -2.54. The van der Waals surface area contributed by atoms with Gasteiger partial charge in [-0.25, -0.2) is 0 Å². The van der Waals surface area contributed by atoms with E-state index in [1.807, 2.05) is 0 Å². The number of hydrogen-bond donors (Lipinski definition) is 1. The Bertz CT molecular complexity index is 153. The molecular formula is C10H22N2. The Morgan fingerprint density at radius 3 is 2.17 bits per heavy atom. The molecule has 12 heavy (non-hydrogen) atoms. The highest BCUT2D eigenvalue weighted by Gasteiger charge is 2.41. The summed E-state index contributed by atoms with van der Waals surface area (Å²) in [6, 6.07) is 0. The van der Waals surface area contributed by atoms with Crippen molar-refractivity contribution in [2.45, 2.75) is 39.7 Å². The zero-order valence-electron chi connectivity index (χ0n) is 8.85. The normalized spacial score (nSPS) is 23.8. The first-order valence-electron chi connectivity index (χ1n) is 4.82. The summed E-state index contributed by atoms with van der Waals surface area (Å²) in [7, 11) is 0. The Hall–Kier alpha value is -0.0800. The second kappa shape index (κ2) is 3.00. The molecule has 0 aromatic heterocycles. The molecule has 0 aromatic rings. The smallest absolute Gasteiger partial charge is 0.0165 e. The maximum atomic E-state index is 5.57. The van der Waals surface area contributed by atoms with Gasteiger partial charge in [-0.15, -0.1) is 0 Å². The largest absolute Gasteiger partial charge is 0.330 e. The molecule has 1 fully saturated rings. The van der Waals surface area contributed by atoms with Crippen LogP contribution in [0.25, 0.3) is 0 Å². The fourth-order valence-electron chi connectivity index (χ4n) is 1.93. The highest BCUT2D eigenvalue weighted by atomic mass is 15.3. The average Bonchev–Trinajstić information content (AvgIpc) is 1.82. The fourth-order valence-corrected chi connectivity index (χ4v) is 1.93. The summed E-state index contributed by atoms with van der Waals surface area (Å²) in [5, 5.41) is 0. The van der Waals surface area contributed by atoms with Crippen LogP contribution in [0.1, 0.15) is 34.1 Å². The zero-order chi connectivity index (χ0) is 9.41. The molecule has 2 nitrogen and oxygen atoms in total. The van der Waals surface area contributed by atoms with Crippen LogP contribution in [0.4, 0.5) is 0 Å². The lowest BCUT2D eigenvalue weighted by Crippen LogP contribution is -2.61. The van der Waals surface area contributed by atoms with E-state index in [1.165, 1.54) is 13.1 Å². The zero-order valence-corrected chi connectivity index (χ0v) is 8.85. The van der Waals surface area contributed by atoms with Gasteiger partial charge in [-0.3, -0.25) is 4.90 Å². The van der Waals surface area contributed by atoms with Crippen LogP contribution in [0.3, 0.4) is 0 Å². The lowest BCUT2D eigenvalue weighted by molar-refractivity contribution is -0.0470. The van der Waals surface area contributed by atoms with Crippen LogP contribution in [0.5, 0.6) is 0 Å². The molecule has 0 aromatic carbocycles. The van der Waals surface area contributed by atoms with Gasteiger partial charge in [-0.2, -0.15) is 0 Å². The van der Waals surface area contributed by atoms with Crippen LogP contribution in [0.15, 0.2) is 0 Å². The van der Waals surface area contributed by atoms with E-state index in [9.17, 15) is 0 Å². The second-order valence-corrected chi connectivity index (χ2v) is 5.37. The molecule has 0 unspecified atom stereocenters. The summed E-state index contributed by atoms with van der Waals surface area (Å²) >= 11 is 0. The van der Waals surface area contributed by atoms with Crippen molar-refractivity contribution >= 4 is 0 Å². The summed E-state index contributed by atoms with van der Waals surface area (Å²) < 4.78 is 0. The summed E-state index contributed by atoms with van der Waals surface area (Å²) in [5.74, 6) is 0. The number of nitrogens with zero attached hydrogens (tertiary/aromatic N) is 1. The van der Waals surface area contributed by atoms with Crippen molar-refractivity contribution in [2.24, 2.45) is 11.1 Å². The van der Waals surface area contributed by atoms with Gasteiger partial charge in [0.1, 0.15) is 0 Å². The topological polar surface area (TPSA) is 29.3 Å². The van der Waals surface area contributed by atoms with E-state index in [0.717, 1.165) is 13.0 Å². The quantitative estimate of drug-likeness (QED) is 0.694. The molecule has 1 saturated heterocycles. The van der Waals surface area contributed by atoms with Gasteiger partial charge in [-0.05, 0) is 32.2 Å². The lowest BCUT2D eigenvalue weighted by atomic mass is 9.79. The minimum Gasteiger partial charge on any atom is -0.330 e. The Morgan fingerprint density at radius 2 is 1.83 bits per heavy atom. The fraction of sp³-hybridized carbons (Fsp3) is 1.00. The number of nitrogens with two attached hydrogens (primary N) is 1. The van der Waals surface area contributed by atoms with Gasteiger partial charge in [0, 0.05) is 18.6 Å². The molecule has 0 atom stereocenters. The van der Waals surface area contributed by atoms with Crippen molar-refractivity contribution in [3.63, 3.8) is 0 Å². The minimum absolute atomic E-state index is 0.310.